The van der Waals surface area contributed by atoms with Gasteiger partial charge < -0.3 is 23.7 Å². The summed E-state index contributed by atoms with van der Waals surface area (Å²) in [6.07, 6.45) is 1.37. The molecule has 31 heavy (non-hydrogen) atoms. The van der Waals surface area contributed by atoms with Crippen molar-refractivity contribution in [1.29, 1.82) is 5.26 Å². The van der Waals surface area contributed by atoms with Gasteiger partial charge in [0.05, 0.1) is 27.4 Å². The minimum Gasteiger partial charge on any atom is -0.496 e. The molecule has 0 heterocycles. The van der Waals surface area contributed by atoms with Gasteiger partial charge in [-0.3, -0.25) is 0 Å². The summed E-state index contributed by atoms with van der Waals surface area (Å²) in [4.78, 5) is 24.7. The smallest absolute Gasteiger partial charge is 0.351 e. The Balaban J connectivity index is 2.40. The van der Waals surface area contributed by atoms with E-state index >= 15 is 0 Å². The molecular formula is C23H23NO7. The highest BCUT2D eigenvalue weighted by Crippen LogP contribution is 2.33. The zero-order valence-electron chi connectivity index (χ0n) is 17.8. The summed E-state index contributed by atoms with van der Waals surface area (Å²) in [5, 5.41) is 9.21. The molecular weight excluding hydrogens is 402 g/mol. The Bertz CT molecular complexity index is 999. The monoisotopic (exact) mass is 425 g/mol. The SMILES string of the molecule is CCOC(=O)/C(C#N)=C/c1ccc(OC(=O)c2c(OC)cccc2OC)c(OCC)c1. The van der Waals surface area contributed by atoms with Crippen molar-refractivity contribution in [2.45, 2.75) is 13.8 Å². The number of nitrogens with zero attached hydrogens (tertiary/aromatic N) is 1. The number of esters is 2. The molecule has 2 aromatic rings. The summed E-state index contributed by atoms with van der Waals surface area (Å²) in [6, 6.07) is 11.4. The molecule has 0 fully saturated rings. The number of ether oxygens (including phenoxy) is 5. The van der Waals surface area contributed by atoms with Gasteiger partial charge in [0.15, 0.2) is 11.5 Å². The number of hydrogen-bond donors (Lipinski definition) is 0. The van der Waals surface area contributed by atoms with Gasteiger partial charge >= 0.3 is 11.9 Å². The first kappa shape index (κ1) is 23.3. The molecule has 0 unspecified atom stereocenters. The minimum absolute atomic E-state index is 0.132. The van der Waals surface area contributed by atoms with Gasteiger partial charge in [-0.05, 0) is 49.8 Å². The van der Waals surface area contributed by atoms with Gasteiger partial charge in [-0.15, -0.1) is 0 Å². The van der Waals surface area contributed by atoms with E-state index in [1.54, 1.807) is 44.2 Å². The molecule has 0 N–H and O–H groups in total. The molecule has 0 aliphatic heterocycles. The van der Waals surface area contributed by atoms with Gasteiger partial charge in [-0.25, -0.2) is 9.59 Å². The van der Waals surface area contributed by atoms with Crippen LogP contribution >= 0.6 is 0 Å². The number of benzene rings is 2. The van der Waals surface area contributed by atoms with Crippen molar-refractivity contribution in [3.8, 4) is 29.1 Å². The largest absolute Gasteiger partial charge is 0.496 e. The highest BCUT2D eigenvalue weighted by Gasteiger charge is 2.22. The normalized spacial score (nSPS) is 10.6. The van der Waals surface area contributed by atoms with Crippen LogP contribution in [-0.4, -0.2) is 39.4 Å². The van der Waals surface area contributed by atoms with Crippen molar-refractivity contribution < 1.29 is 33.3 Å². The van der Waals surface area contributed by atoms with Crippen LogP contribution in [-0.2, 0) is 9.53 Å². The van der Waals surface area contributed by atoms with Crippen LogP contribution in [0.1, 0.15) is 29.8 Å². The highest BCUT2D eigenvalue weighted by atomic mass is 16.6. The lowest BCUT2D eigenvalue weighted by Crippen LogP contribution is -2.13. The second-order valence-electron chi connectivity index (χ2n) is 5.96. The molecule has 0 amide bonds. The average molecular weight is 425 g/mol. The third-order valence-corrected chi connectivity index (χ3v) is 4.03. The summed E-state index contributed by atoms with van der Waals surface area (Å²) in [5.41, 5.74) is 0.475. The first-order valence-electron chi connectivity index (χ1n) is 9.47. The predicted octanol–water partition coefficient (Wildman–Crippen LogP) is 3.79. The minimum atomic E-state index is -0.721. The number of nitriles is 1. The van der Waals surface area contributed by atoms with Crippen LogP contribution in [0.25, 0.3) is 6.08 Å². The lowest BCUT2D eigenvalue weighted by molar-refractivity contribution is -0.137. The molecule has 0 bridgehead atoms. The Labute approximate surface area is 180 Å². The quantitative estimate of drug-likeness (QED) is 0.259. The Morgan fingerprint density at radius 3 is 2.19 bits per heavy atom. The molecule has 0 saturated carbocycles. The van der Waals surface area contributed by atoms with E-state index in [0.717, 1.165) is 0 Å². The molecule has 0 spiro atoms. The molecule has 0 radical (unpaired) electrons. The molecule has 162 valence electrons. The Morgan fingerprint density at radius 1 is 0.968 bits per heavy atom. The third kappa shape index (κ3) is 5.76. The average Bonchev–Trinajstić information content (AvgIpc) is 2.78. The summed E-state index contributed by atoms with van der Waals surface area (Å²) in [5.74, 6) is -0.388. The van der Waals surface area contributed by atoms with Crippen molar-refractivity contribution in [3.63, 3.8) is 0 Å². The van der Waals surface area contributed by atoms with Crippen LogP contribution in [0.5, 0.6) is 23.0 Å². The fourth-order valence-corrected chi connectivity index (χ4v) is 2.68. The summed E-state index contributed by atoms with van der Waals surface area (Å²) >= 11 is 0. The van der Waals surface area contributed by atoms with Crippen molar-refractivity contribution >= 4 is 18.0 Å². The second kappa shape index (κ2) is 11.3. The maximum Gasteiger partial charge on any atom is 0.351 e. The van der Waals surface area contributed by atoms with Crippen LogP contribution in [0, 0.1) is 11.3 Å². The van der Waals surface area contributed by atoms with E-state index in [4.69, 9.17) is 23.7 Å². The van der Waals surface area contributed by atoms with Gasteiger partial charge in [-0.1, -0.05) is 12.1 Å². The first-order chi connectivity index (χ1) is 15.0. The number of methoxy groups -OCH3 is 2. The first-order valence-corrected chi connectivity index (χ1v) is 9.47. The molecule has 0 aromatic heterocycles. The van der Waals surface area contributed by atoms with Crippen LogP contribution < -0.4 is 18.9 Å². The zero-order chi connectivity index (χ0) is 22.8. The molecule has 8 nitrogen and oxygen atoms in total. The van der Waals surface area contributed by atoms with Crippen LogP contribution in [0.4, 0.5) is 0 Å². The van der Waals surface area contributed by atoms with E-state index in [1.165, 1.54) is 26.4 Å². The van der Waals surface area contributed by atoms with Crippen molar-refractivity contribution in [3.05, 3.63) is 53.1 Å². The highest BCUT2D eigenvalue weighted by molar-refractivity contribution is 5.98. The van der Waals surface area contributed by atoms with E-state index in [-0.39, 0.29) is 29.2 Å². The number of rotatable bonds is 9. The maximum atomic E-state index is 12.8. The second-order valence-corrected chi connectivity index (χ2v) is 5.96. The maximum absolute atomic E-state index is 12.8. The van der Waals surface area contributed by atoms with E-state index < -0.39 is 11.9 Å². The van der Waals surface area contributed by atoms with E-state index in [9.17, 15) is 14.9 Å². The van der Waals surface area contributed by atoms with E-state index in [0.29, 0.717) is 23.7 Å². The lowest BCUT2D eigenvalue weighted by Gasteiger charge is -2.14. The van der Waals surface area contributed by atoms with Crippen LogP contribution in [0.3, 0.4) is 0 Å². The van der Waals surface area contributed by atoms with Crippen LogP contribution in [0.15, 0.2) is 42.0 Å². The summed E-state index contributed by atoms with van der Waals surface area (Å²) < 4.78 is 26.5. The van der Waals surface area contributed by atoms with Crippen molar-refractivity contribution in [2.24, 2.45) is 0 Å². The van der Waals surface area contributed by atoms with Gasteiger partial charge in [0, 0.05) is 0 Å². The topological polar surface area (TPSA) is 104 Å². The molecule has 0 saturated heterocycles. The number of carbonyl (C=O) groups excluding carboxylic acids is 2. The predicted molar refractivity (Wildman–Crippen MR) is 112 cm³/mol. The van der Waals surface area contributed by atoms with Gasteiger partial charge in [0.1, 0.15) is 28.7 Å². The Kier molecular flexibility index (Phi) is 8.46. The number of carbonyl (C=O) groups is 2. The van der Waals surface area contributed by atoms with E-state index in [2.05, 4.69) is 0 Å². The molecule has 8 heteroatoms. The third-order valence-electron chi connectivity index (χ3n) is 4.03. The van der Waals surface area contributed by atoms with E-state index in [1.807, 2.05) is 6.07 Å². The van der Waals surface area contributed by atoms with Gasteiger partial charge in [-0.2, -0.15) is 5.26 Å². The molecule has 2 aromatic carbocycles. The van der Waals surface area contributed by atoms with Crippen molar-refractivity contribution in [2.75, 3.05) is 27.4 Å². The molecule has 2 rings (SSSR count). The van der Waals surface area contributed by atoms with Crippen LogP contribution in [0.2, 0.25) is 0 Å². The summed E-state index contributed by atoms with van der Waals surface area (Å²) in [6.45, 7) is 3.89. The van der Waals surface area contributed by atoms with Gasteiger partial charge in [0.2, 0.25) is 0 Å². The Morgan fingerprint density at radius 2 is 1.65 bits per heavy atom. The Hall–Kier alpha value is -3.99. The van der Waals surface area contributed by atoms with Crippen molar-refractivity contribution in [1.82, 2.24) is 0 Å². The lowest BCUT2D eigenvalue weighted by atomic mass is 10.1. The molecule has 0 atom stereocenters. The fraction of sp³-hybridized carbons (Fsp3) is 0.261. The zero-order valence-corrected chi connectivity index (χ0v) is 17.8. The number of hydrogen-bond acceptors (Lipinski definition) is 8. The summed E-state index contributed by atoms with van der Waals surface area (Å²) in [7, 11) is 2.88. The fourth-order valence-electron chi connectivity index (χ4n) is 2.68. The molecule has 0 aliphatic carbocycles. The standard InChI is InChI=1S/C23H23NO7/c1-5-29-20-13-15(12-16(14-24)22(25)30-6-2)10-11-17(20)31-23(26)21-18(27-3)8-7-9-19(21)28-4/h7-13H,5-6H2,1-4H3/b16-12+. The van der Waals surface area contributed by atoms with Gasteiger partial charge in [0.25, 0.3) is 0 Å². The molecule has 0 aliphatic rings.